The predicted molar refractivity (Wildman–Crippen MR) is 382 cm³/mol. The highest BCUT2D eigenvalue weighted by Crippen LogP contribution is 2.44. The van der Waals surface area contributed by atoms with Crippen LogP contribution in [0.3, 0.4) is 0 Å². The average Bonchev–Trinajstić information content (AvgIpc) is 0.726. The van der Waals surface area contributed by atoms with E-state index in [1.807, 2.05) is 27.7 Å². The van der Waals surface area contributed by atoms with E-state index in [9.17, 15) is 54.0 Å². The molecule has 104 heavy (non-hydrogen) atoms. The summed E-state index contributed by atoms with van der Waals surface area (Å²) in [6.45, 7) is 23.1. The van der Waals surface area contributed by atoms with Gasteiger partial charge in [-0.05, 0) is 141 Å². The van der Waals surface area contributed by atoms with Gasteiger partial charge in [-0.3, -0.25) is 48.9 Å². The molecule has 28 nitrogen and oxygen atoms in total. The number of fused-ring (bicyclic) bond motifs is 2. The minimum absolute atomic E-state index is 0.0281. The third-order valence-electron chi connectivity index (χ3n) is 17.1. The number of ether oxygens (including phenoxy) is 4. The van der Waals surface area contributed by atoms with Crippen LogP contribution in [0.15, 0.2) is 82.6 Å². The lowest BCUT2D eigenvalue weighted by Crippen LogP contribution is -2.61. The zero-order valence-corrected chi connectivity index (χ0v) is 60.9. The molecule has 0 unspecified atom stereocenters. The first-order valence-corrected chi connectivity index (χ1v) is 33.3. The number of amides is 2. The van der Waals surface area contributed by atoms with Gasteiger partial charge < -0.3 is 58.8 Å². The maximum atomic E-state index is 16.4. The van der Waals surface area contributed by atoms with Gasteiger partial charge in [0.25, 0.3) is 0 Å². The highest BCUT2D eigenvalue weighted by Gasteiger charge is 2.44. The lowest BCUT2D eigenvalue weighted by molar-refractivity contribution is -0.385. The van der Waals surface area contributed by atoms with E-state index in [-0.39, 0.29) is 105 Å². The van der Waals surface area contributed by atoms with Crippen LogP contribution >= 0.6 is 11.6 Å². The number of pyridine rings is 6. The van der Waals surface area contributed by atoms with Crippen molar-refractivity contribution in [2.45, 2.75) is 144 Å². The largest absolute Gasteiger partial charge is 0.497 e. The summed E-state index contributed by atoms with van der Waals surface area (Å²) in [5, 5.41) is 63.3. The molecule has 0 saturated carbocycles. The van der Waals surface area contributed by atoms with Gasteiger partial charge in [0.1, 0.15) is 51.4 Å². The van der Waals surface area contributed by atoms with Gasteiger partial charge in [-0.2, -0.15) is 0 Å². The summed E-state index contributed by atoms with van der Waals surface area (Å²) in [6, 6.07) is 10.2. The van der Waals surface area contributed by atoms with Crippen LogP contribution in [0.25, 0.3) is 44.7 Å². The molecule has 10 rings (SSSR count). The number of hydrogen-bond acceptors (Lipinski definition) is 22. The number of aryl methyl sites for hydroxylation is 2. The molecule has 2 amide bonds. The molecule has 6 aromatic heterocycles. The number of nitro groups is 2. The van der Waals surface area contributed by atoms with E-state index < -0.39 is 134 Å². The molecule has 0 spiro atoms. The van der Waals surface area contributed by atoms with Crippen molar-refractivity contribution >= 4 is 81.2 Å². The van der Waals surface area contributed by atoms with Crippen LogP contribution in [0.5, 0.6) is 11.5 Å². The first-order valence-electron chi connectivity index (χ1n) is 32.9. The maximum Gasteiger partial charge on any atom is 0.495 e. The molecule has 2 fully saturated rings. The van der Waals surface area contributed by atoms with Crippen LogP contribution in [0.2, 0.25) is 5.15 Å². The van der Waals surface area contributed by atoms with E-state index in [2.05, 4.69) is 19.9 Å². The van der Waals surface area contributed by atoms with Gasteiger partial charge in [-0.1, -0.05) is 51.4 Å². The number of aromatic nitrogens is 6. The van der Waals surface area contributed by atoms with Gasteiger partial charge >= 0.3 is 41.8 Å². The molecule has 2 aliphatic heterocycles. The second kappa shape index (κ2) is 31.9. The van der Waals surface area contributed by atoms with Crippen molar-refractivity contribution in [3.8, 4) is 34.1 Å². The minimum Gasteiger partial charge on any atom is -0.497 e. The van der Waals surface area contributed by atoms with E-state index >= 15 is 13.2 Å². The molecule has 4 N–H and O–H groups in total. The minimum atomic E-state index is -1.85. The normalized spacial score (nSPS) is 16.3. The highest BCUT2D eigenvalue weighted by atomic mass is 35.5. The monoisotopic (exact) mass is 1470 g/mol. The molecule has 0 bridgehead atoms. The van der Waals surface area contributed by atoms with Crippen LogP contribution in [-0.2, 0) is 9.47 Å². The fraction of sp³-hybridized carbons (Fsp3) is 0.429. The highest BCUT2D eigenvalue weighted by molar-refractivity contribution is 6.59. The first kappa shape index (κ1) is 79.6. The lowest BCUT2D eigenvalue weighted by atomic mass is 9.79. The van der Waals surface area contributed by atoms with Crippen LogP contribution in [0.1, 0.15) is 117 Å². The summed E-state index contributed by atoms with van der Waals surface area (Å²) in [4.78, 5) is 102. The Balaban J connectivity index is 0.000000229. The number of piperazine rings is 2. The third kappa shape index (κ3) is 16.3. The standard InChI is InChI=1S/C35H40F2N6O7.C28H34ClFN6O6.C7H8BFO3/c1-18(2)27-29(19(3)12-13-38-27)42-32-22(14-24(37)28(39-32)26-23(36)10-9-11-25(26)49-8)30(31(33(42)45)43(47)48)41-15-20(4)40(16-21(41)17-44)34(46)50-35(5,6)7;1-14(2)20-21(15(3)8-9-31-20)35-25-18(10-19(30)24(29)32-25)22(23(26(35)38)36(40)41)34-11-16(4)33(12-17(34)13-37)27(39)42-28(5,6)7;1-12-6-4-2-3-5(9)7(6)8(10)11/h9-14,18,20-21,44H,15-17H2,1-8H3;8-10,14,16-17,37H,11-13H2,1-7H3;2-4,10-11H,1H3/t20-,21-;16-,17-;/m11./s1. The quantitative estimate of drug-likeness (QED) is 0.0258. The Morgan fingerprint density at radius 3 is 1.40 bits per heavy atom. The number of aliphatic hydroxyl groups excluding tert-OH is 2. The van der Waals surface area contributed by atoms with E-state index in [1.165, 1.54) is 58.1 Å². The number of aliphatic hydroxyl groups is 2. The molecular formula is C70H82BClF4N12O16. The van der Waals surface area contributed by atoms with Crippen molar-refractivity contribution in [1.29, 1.82) is 0 Å². The first-order chi connectivity index (χ1) is 48.7. The average molecular weight is 1470 g/mol. The fourth-order valence-corrected chi connectivity index (χ4v) is 12.6. The van der Waals surface area contributed by atoms with Crippen molar-refractivity contribution in [3.05, 3.63) is 165 Å². The van der Waals surface area contributed by atoms with E-state index in [0.29, 0.717) is 22.5 Å². The smallest absolute Gasteiger partial charge is 0.495 e. The van der Waals surface area contributed by atoms with E-state index in [4.69, 9.17) is 40.6 Å². The van der Waals surface area contributed by atoms with Gasteiger partial charge in [0, 0.05) is 50.7 Å². The molecule has 8 heterocycles. The second-order valence-corrected chi connectivity index (χ2v) is 27.9. The zero-order valence-electron chi connectivity index (χ0n) is 60.2. The van der Waals surface area contributed by atoms with Crippen LogP contribution in [0.4, 0.5) is 49.9 Å². The predicted octanol–water partition coefficient (Wildman–Crippen LogP) is 10.1. The number of hydrogen-bond donors (Lipinski definition) is 4. The Labute approximate surface area is 600 Å². The molecule has 4 atom stereocenters. The Morgan fingerprint density at radius 1 is 0.625 bits per heavy atom. The molecule has 0 aliphatic carbocycles. The summed E-state index contributed by atoms with van der Waals surface area (Å²) < 4.78 is 82.9. The number of halogens is 5. The van der Waals surface area contributed by atoms with Gasteiger partial charge in [0.15, 0.2) is 28.1 Å². The summed E-state index contributed by atoms with van der Waals surface area (Å²) in [7, 11) is 0.775. The number of rotatable bonds is 14. The van der Waals surface area contributed by atoms with Crippen LogP contribution in [0, 0.1) is 57.3 Å². The number of carbonyl (C=O) groups is 2. The Bertz CT molecular complexity index is 4750. The molecule has 34 heteroatoms. The lowest BCUT2D eigenvalue weighted by Gasteiger charge is -2.45. The Hall–Kier alpha value is -10.1. The topological polar surface area (TPSA) is 347 Å². The summed E-state index contributed by atoms with van der Waals surface area (Å²) in [5.74, 6) is -3.88. The summed E-state index contributed by atoms with van der Waals surface area (Å²) >= 11 is 6.11. The van der Waals surface area contributed by atoms with E-state index in [0.717, 1.165) is 33.4 Å². The Kier molecular flexibility index (Phi) is 24.4. The zero-order chi connectivity index (χ0) is 77.2. The van der Waals surface area contributed by atoms with Gasteiger partial charge in [0.05, 0.1) is 93.9 Å². The molecule has 2 aliphatic rings. The number of nitrogens with zero attached hydrogens (tertiary/aromatic N) is 12. The fourth-order valence-electron chi connectivity index (χ4n) is 12.5. The SMILES string of the molecule is COc1cccc(F)c1-c1nc2c(cc1F)c(N1C[C@@H](C)N(C(=O)OC(C)(C)C)C[C@@H]1CO)c([N+](=O)[O-])c(=O)n2-c1c(C)ccnc1C(C)C.COc1cccc(F)c1B(O)O.Cc1ccnc(C(C)C)c1-n1c(=O)c([N+](=O)[O-])c(N2C[C@@H](C)N(C(=O)OC(C)(C)C)C[C@@H]2CO)c2cc(F)c(Cl)nc21. The van der Waals surface area contributed by atoms with Crippen LogP contribution in [-0.4, -0.2) is 177 Å². The summed E-state index contributed by atoms with van der Waals surface area (Å²) in [6.07, 6.45) is 1.85. The second-order valence-electron chi connectivity index (χ2n) is 27.5. The van der Waals surface area contributed by atoms with Crippen molar-refractivity contribution in [2.24, 2.45) is 0 Å². The van der Waals surface area contributed by atoms with Gasteiger partial charge in [-0.15, -0.1) is 0 Å². The molecule has 8 aromatic rings. The van der Waals surface area contributed by atoms with Crippen molar-refractivity contribution < 1.29 is 76.2 Å². The van der Waals surface area contributed by atoms with Gasteiger partial charge in [-0.25, -0.2) is 37.1 Å². The van der Waals surface area contributed by atoms with Crippen molar-refractivity contribution in [3.63, 3.8) is 0 Å². The van der Waals surface area contributed by atoms with Crippen molar-refractivity contribution in [1.82, 2.24) is 38.9 Å². The number of benzene rings is 2. The van der Waals surface area contributed by atoms with Gasteiger partial charge in [0.2, 0.25) is 0 Å². The number of methoxy groups -OCH3 is 2. The number of carbonyl (C=O) groups excluding carboxylic acids is 2. The summed E-state index contributed by atoms with van der Waals surface area (Å²) in [5.41, 5.74) is -4.81. The Morgan fingerprint density at radius 2 is 1.03 bits per heavy atom. The maximum absolute atomic E-state index is 16.4. The molecular weight excluding hydrogens is 1390 g/mol. The van der Waals surface area contributed by atoms with Crippen LogP contribution < -0.4 is 35.9 Å². The molecule has 2 saturated heterocycles. The molecule has 0 radical (unpaired) electrons. The third-order valence-corrected chi connectivity index (χ3v) is 17.4. The molecule has 556 valence electrons. The van der Waals surface area contributed by atoms with Crippen molar-refractivity contribution in [2.75, 3.05) is 63.4 Å². The number of anilines is 2. The van der Waals surface area contributed by atoms with E-state index in [1.54, 1.807) is 93.8 Å². The molecule has 2 aromatic carbocycles.